The number of rotatable bonds is 3. The third-order valence-electron chi connectivity index (χ3n) is 5.43. The Morgan fingerprint density at radius 3 is 2.63 bits per heavy atom. The number of aromatic nitrogens is 4. The second-order valence-corrected chi connectivity index (χ2v) is 7.21. The van der Waals surface area contributed by atoms with Crippen molar-refractivity contribution >= 4 is 0 Å². The van der Waals surface area contributed by atoms with Crippen LogP contribution in [0.25, 0.3) is 11.5 Å². The van der Waals surface area contributed by atoms with E-state index in [0.29, 0.717) is 17.9 Å². The van der Waals surface area contributed by atoms with Crippen molar-refractivity contribution in [3.8, 4) is 17.3 Å². The second-order valence-electron chi connectivity index (χ2n) is 7.21. The lowest BCUT2D eigenvalue weighted by Crippen LogP contribution is -2.32. The van der Waals surface area contributed by atoms with Gasteiger partial charge in [0.1, 0.15) is 17.3 Å². The summed E-state index contributed by atoms with van der Waals surface area (Å²) in [6, 6.07) is 11.8. The van der Waals surface area contributed by atoms with Crippen molar-refractivity contribution in [1.82, 2.24) is 19.3 Å². The number of halogens is 2. The van der Waals surface area contributed by atoms with Crippen LogP contribution in [0.4, 0.5) is 8.78 Å². The van der Waals surface area contributed by atoms with Crippen molar-refractivity contribution in [3.63, 3.8) is 0 Å². The van der Waals surface area contributed by atoms with Gasteiger partial charge in [-0.2, -0.15) is 5.10 Å². The number of hydrogen-bond donors (Lipinski definition) is 1. The van der Waals surface area contributed by atoms with E-state index in [1.165, 1.54) is 24.3 Å². The molecule has 4 aromatic rings. The zero-order valence-electron chi connectivity index (χ0n) is 15.6. The molecule has 1 aliphatic rings. The Bertz CT molecular complexity index is 1300. The molecule has 0 spiro atoms. The van der Waals surface area contributed by atoms with Crippen LogP contribution in [0.2, 0.25) is 0 Å². The van der Waals surface area contributed by atoms with Crippen molar-refractivity contribution in [2.75, 3.05) is 0 Å². The standard InChI is InChI=1S/C22H16F2N4O2/c23-15-6-4-13(5-7-15)19(14-2-1-3-16(24)10-14)17-12-27-9-8-25-22(27)20-21(30)18(29)11-26-28(17)20/h1-11,17,19,30H,12H2/t17-,19?/m1/s1. The van der Waals surface area contributed by atoms with Gasteiger partial charge >= 0.3 is 0 Å². The Balaban J connectivity index is 1.76. The van der Waals surface area contributed by atoms with Gasteiger partial charge in [-0.05, 0) is 35.4 Å². The highest BCUT2D eigenvalue weighted by Crippen LogP contribution is 2.42. The normalized spacial score (nSPS) is 16.0. The largest absolute Gasteiger partial charge is 0.503 e. The van der Waals surface area contributed by atoms with Gasteiger partial charge in [0.2, 0.25) is 5.43 Å². The van der Waals surface area contributed by atoms with E-state index in [-0.39, 0.29) is 11.5 Å². The molecule has 8 heteroatoms. The predicted octanol–water partition coefficient (Wildman–Crippen LogP) is 3.48. The first-order chi connectivity index (χ1) is 14.5. The maximum atomic E-state index is 14.1. The zero-order chi connectivity index (χ0) is 20.8. The van der Waals surface area contributed by atoms with Gasteiger partial charge in [0, 0.05) is 24.9 Å². The van der Waals surface area contributed by atoms with Crippen LogP contribution in [0.3, 0.4) is 0 Å². The minimum Gasteiger partial charge on any atom is -0.503 e. The van der Waals surface area contributed by atoms with Crippen molar-refractivity contribution in [3.05, 3.63) is 100 Å². The molecular weight excluding hydrogens is 390 g/mol. The minimum absolute atomic E-state index is 0.201. The van der Waals surface area contributed by atoms with Crippen LogP contribution >= 0.6 is 0 Å². The molecule has 30 heavy (non-hydrogen) atoms. The maximum absolute atomic E-state index is 14.1. The number of imidazole rings is 1. The lowest BCUT2D eigenvalue weighted by Gasteiger charge is -2.34. The average Bonchev–Trinajstić information content (AvgIpc) is 3.20. The van der Waals surface area contributed by atoms with E-state index in [2.05, 4.69) is 10.1 Å². The summed E-state index contributed by atoms with van der Waals surface area (Å²) in [5.74, 6) is -1.22. The van der Waals surface area contributed by atoms with Gasteiger partial charge in [0.25, 0.3) is 0 Å². The Kier molecular flexibility index (Phi) is 4.20. The molecule has 5 rings (SSSR count). The lowest BCUT2D eigenvalue weighted by molar-refractivity contribution is 0.331. The van der Waals surface area contributed by atoms with Crippen molar-refractivity contribution in [2.45, 2.75) is 18.5 Å². The van der Waals surface area contributed by atoms with Crippen LogP contribution in [-0.4, -0.2) is 24.4 Å². The van der Waals surface area contributed by atoms with Crippen LogP contribution in [0.5, 0.6) is 5.75 Å². The molecule has 0 saturated heterocycles. The minimum atomic E-state index is -0.611. The highest BCUT2D eigenvalue weighted by Gasteiger charge is 2.35. The molecule has 6 nitrogen and oxygen atoms in total. The molecule has 2 atom stereocenters. The molecule has 0 radical (unpaired) electrons. The van der Waals surface area contributed by atoms with Crippen LogP contribution < -0.4 is 5.43 Å². The number of hydrogen-bond acceptors (Lipinski definition) is 4. The summed E-state index contributed by atoms with van der Waals surface area (Å²) < 4.78 is 31.1. The van der Waals surface area contributed by atoms with Crippen LogP contribution in [0.15, 0.2) is 71.9 Å². The van der Waals surface area contributed by atoms with E-state index in [1.54, 1.807) is 41.3 Å². The van der Waals surface area contributed by atoms with Gasteiger partial charge in [-0.15, -0.1) is 0 Å². The fourth-order valence-corrected chi connectivity index (χ4v) is 4.12. The van der Waals surface area contributed by atoms with E-state index < -0.39 is 29.0 Å². The van der Waals surface area contributed by atoms with Gasteiger partial charge in [-0.1, -0.05) is 24.3 Å². The fourth-order valence-electron chi connectivity index (χ4n) is 4.12. The van der Waals surface area contributed by atoms with Gasteiger partial charge in [0.15, 0.2) is 11.6 Å². The molecule has 0 fully saturated rings. The first-order valence-corrected chi connectivity index (χ1v) is 9.36. The second kappa shape index (κ2) is 6.91. The Hall–Kier alpha value is -3.81. The molecule has 3 heterocycles. The summed E-state index contributed by atoms with van der Waals surface area (Å²) in [7, 11) is 0. The fraction of sp³-hybridized carbons (Fsp3) is 0.136. The first kappa shape index (κ1) is 18.2. The van der Waals surface area contributed by atoms with E-state index in [9.17, 15) is 18.7 Å². The summed E-state index contributed by atoms with van der Waals surface area (Å²) in [6.07, 6.45) is 4.38. The third kappa shape index (κ3) is 2.88. The molecule has 0 aliphatic carbocycles. The molecule has 1 unspecified atom stereocenters. The Morgan fingerprint density at radius 2 is 1.87 bits per heavy atom. The smallest absolute Gasteiger partial charge is 0.242 e. The summed E-state index contributed by atoms with van der Waals surface area (Å²) in [5.41, 5.74) is 1.01. The Labute approximate surface area is 169 Å². The van der Waals surface area contributed by atoms with Gasteiger partial charge < -0.3 is 9.67 Å². The highest BCUT2D eigenvalue weighted by molar-refractivity contribution is 5.60. The molecule has 150 valence electrons. The van der Waals surface area contributed by atoms with Crippen LogP contribution in [0, 0.1) is 11.6 Å². The number of aromatic hydroxyl groups is 1. The molecule has 0 amide bonds. The SMILES string of the molecule is O=c1cnn2c(c1O)-c1nccn1C[C@@H]2C(c1ccc(F)cc1)c1cccc(F)c1. The van der Waals surface area contributed by atoms with Gasteiger partial charge in [0.05, 0.1) is 12.2 Å². The summed E-state index contributed by atoms with van der Waals surface area (Å²) in [6.45, 7) is 0.413. The maximum Gasteiger partial charge on any atom is 0.242 e. The lowest BCUT2D eigenvalue weighted by atomic mass is 9.84. The van der Waals surface area contributed by atoms with Gasteiger partial charge in [-0.3, -0.25) is 9.48 Å². The molecule has 2 aromatic heterocycles. The molecule has 0 bridgehead atoms. The monoisotopic (exact) mass is 406 g/mol. The molecule has 1 N–H and O–H groups in total. The van der Waals surface area contributed by atoms with Crippen molar-refractivity contribution in [2.24, 2.45) is 0 Å². The van der Waals surface area contributed by atoms with E-state index in [4.69, 9.17) is 0 Å². The number of fused-ring (bicyclic) bond motifs is 3. The topological polar surface area (TPSA) is 72.9 Å². The van der Waals surface area contributed by atoms with Crippen molar-refractivity contribution < 1.29 is 13.9 Å². The van der Waals surface area contributed by atoms with E-state index in [1.807, 2.05) is 4.57 Å². The predicted molar refractivity (Wildman–Crippen MR) is 105 cm³/mol. The quantitative estimate of drug-likeness (QED) is 0.565. The van der Waals surface area contributed by atoms with Crippen molar-refractivity contribution in [1.29, 1.82) is 0 Å². The van der Waals surface area contributed by atoms with Gasteiger partial charge in [-0.25, -0.2) is 13.8 Å². The molecular formula is C22H16F2N4O2. The molecule has 0 saturated carbocycles. The summed E-state index contributed by atoms with van der Waals surface area (Å²) in [5, 5.41) is 14.8. The third-order valence-corrected chi connectivity index (χ3v) is 5.43. The number of benzene rings is 2. The molecule has 2 aromatic carbocycles. The first-order valence-electron chi connectivity index (χ1n) is 9.36. The van der Waals surface area contributed by atoms with E-state index >= 15 is 0 Å². The summed E-state index contributed by atoms with van der Waals surface area (Å²) in [4.78, 5) is 16.3. The van der Waals surface area contributed by atoms with Crippen LogP contribution in [-0.2, 0) is 6.54 Å². The highest BCUT2D eigenvalue weighted by atomic mass is 19.1. The Morgan fingerprint density at radius 1 is 1.07 bits per heavy atom. The summed E-state index contributed by atoms with van der Waals surface area (Å²) >= 11 is 0. The molecule has 1 aliphatic heterocycles. The zero-order valence-corrected chi connectivity index (χ0v) is 15.6. The number of nitrogens with zero attached hydrogens (tertiary/aromatic N) is 4. The van der Waals surface area contributed by atoms with E-state index in [0.717, 1.165) is 11.8 Å². The van der Waals surface area contributed by atoms with Crippen LogP contribution in [0.1, 0.15) is 23.1 Å². The average molecular weight is 406 g/mol.